The molecule has 94 valence electrons. The molecule has 0 unspecified atom stereocenters. The topological polar surface area (TPSA) is 55.0 Å². The van der Waals surface area contributed by atoms with Crippen molar-refractivity contribution in [2.75, 3.05) is 6.61 Å². The smallest absolute Gasteiger partial charge is 0.293 e. The molecule has 0 fully saturated rings. The van der Waals surface area contributed by atoms with E-state index in [1.165, 1.54) is 0 Å². The van der Waals surface area contributed by atoms with Crippen LogP contribution >= 0.6 is 11.6 Å². The fourth-order valence-electron chi connectivity index (χ4n) is 1.44. The van der Waals surface area contributed by atoms with Gasteiger partial charge in [-0.2, -0.15) is 5.26 Å². The van der Waals surface area contributed by atoms with Crippen molar-refractivity contribution in [1.82, 2.24) is 4.57 Å². The lowest BCUT2D eigenvalue weighted by atomic mass is 10.2. The second-order valence-electron chi connectivity index (χ2n) is 3.36. The van der Waals surface area contributed by atoms with Crippen molar-refractivity contribution in [3.8, 4) is 6.07 Å². The van der Waals surface area contributed by atoms with Crippen molar-refractivity contribution >= 4 is 29.0 Å². The van der Waals surface area contributed by atoms with E-state index in [9.17, 15) is 4.79 Å². The number of hydrogen-bond donors (Lipinski definition) is 0. The van der Waals surface area contributed by atoms with Crippen LogP contribution in [0.25, 0.3) is 10.9 Å². The number of halogens is 1. The first-order chi connectivity index (χ1) is 8.72. The summed E-state index contributed by atoms with van der Waals surface area (Å²) < 4.78 is 6.03. The van der Waals surface area contributed by atoms with E-state index in [1.54, 1.807) is 6.92 Å². The molecule has 1 aromatic heterocycles. The highest BCUT2D eigenvalue weighted by molar-refractivity contribution is 6.31. The molecule has 0 aliphatic rings. The van der Waals surface area contributed by atoms with E-state index in [-0.39, 0.29) is 0 Å². The van der Waals surface area contributed by atoms with E-state index in [0.717, 1.165) is 10.9 Å². The van der Waals surface area contributed by atoms with Crippen LogP contribution < -0.4 is 0 Å². The minimum atomic E-state index is 0.365. The van der Waals surface area contributed by atoms with Gasteiger partial charge in [0.15, 0.2) is 0 Å². The molecule has 5 heteroatoms. The van der Waals surface area contributed by atoms with Crippen LogP contribution in [0.1, 0.15) is 6.92 Å². The predicted octanol–water partition coefficient (Wildman–Crippen LogP) is 3.00. The summed E-state index contributed by atoms with van der Waals surface area (Å²) in [5.41, 5.74) is 1.01. The standard InChI is InChI=1S/C10H7ClN2.C3H6O2/c11-9-2-1-8-3-5-13(6-4-12)10(8)7-9;1-2-5-3-4/h1-3,5,7H,6H2;3H,2H2,1H3. The molecule has 2 aromatic rings. The van der Waals surface area contributed by atoms with Crippen LogP contribution in [0.15, 0.2) is 30.5 Å². The third-order valence-corrected chi connectivity index (χ3v) is 2.45. The SMILES string of the molecule is CCOC=O.N#CCn1ccc2ccc(Cl)cc21. The van der Waals surface area contributed by atoms with Crippen LogP contribution in [0.3, 0.4) is 0 Å². The highest BCUT2D eigenvalue weighted by Gasteiger charge is 2.00. The first kappa shape index (κ1) is 14.1. The number of benzene rings is 1. The van der Waals surface area contributed by atoms with Gasteiger partial charge in [0.25, 0.3) is 6.47 Å². The highest BCUT2D eigenvalue weighted by atomic mass is 35.5. The highest BCUT2D eigenvalue weighted by Crippen LogP contribution is 2.20. The van der Waals surface area contributed by atoms with Gasteiger partial charge < -0.3 is 9.30 Å². The minimum Gasteiger partial charge on any atom is -0.468 e. The molecule has 0 saturated heterocycles. The third kappa shape index (κ3) is 3.79. The van der Waals surface area contributed by atoms with Gasteiger partial charge >= 0.3 is 0 Å². The van der Waals surface area contributed by atoms with E-state index in [1.807, 2.05) is 35.0 Å². The van der Waals surface area contributed by atoms with Crippen LogP contribution in [-0.2, 0) is 16.1 Å². The van der Waals surface area contributed by atoms with Gasteiger partial charge in [-0.3, -0.25) is 4.79 Å². The van der Waals surface area contributed by atoms with Gasteiger partial charge in [0, 0.05) is 11.2 Å². The zero-order chi connectivity index (χ0) is 13.4. The number of aromatic nitrogens is 1. The van der Waals surface area contributed by atoms with Gasteiger partial charge in [0.05, 0.1) is 18.2 Å². The van der Waals surface area contributed by atoms with Gasteiger partial charge in [0.1, 0.15) is 6.54 Å². The Morgan fingerprint density at radius 3 is 2.83 bits per heavy atom. The molecule has 0 spiro atoms. The summed E-state index contributed by atoms with van der Waals surface area (Å²) in [4.78, 5) is 9.18. The Labute approximate surface area is 110 Å². The zero-order valence-electron chi connectivity index (χ0n) is 9.97. The molecule has 0 aliphatic carbocycles. The van der Waals surface area contributed by atoms with Crippen LogP contribution in [0, 0.1) is 11.3 Å². The Hall–Kier alpha value is -1.99. The number of ether oxygens (including phenoxy) is 1. The lowest BCUT2D eigenvalue weighted by Crippen LogP contribution is -1.91. The molecule has 4 nitrogen and oxygen atoms in total. The normalized spacial score (nSPS) is 9.17. The average Bonchev–Trinajstić information content (AvgIpc) is 2.74. The third-order valence-electron chi connectivity index (χ3n) is 2.21. The Balaban J connectivity index is 0.000000280. The number of fused-ring (bicyclic) bond motifs is 1. The van der Waals surface area contributed by atoms with Crippen LogP contribution in [0.2, 0.25) is 5.02 Å². The van der Waals surface area contributed by atoms with Gasteiger partial charge in [0.2, 0.25) is 0 Å². The molecule has 2 rings (SSSR count). The molecule has 0 bridgehead atoms. The summed E-state index contributed by atoms with van der Waals surface area (Å²) in [6, 6.07) is 9.74. The Bertz CT molecular complexity index is 558. The predicted molar refractivity (Wildman–Crippen MR) is 70.3 cm³/mol. The van der Waals surface area contributed by atoms with Crippen molar-refractivity contribution in [1.29, 1.82) is 5.26 Å². The summed E-state index contributed by atoms with van der Waals surface area (Å²) >= 11 is 5.85. The van der Waals surface area contributed by atoms with Crippen molar-refractivity contribution < 1.29 is 9.53 Å². The van der Waals surface area contributed by atoms with E-state index in [2.05, 4.69) is 10.8 Å². The summed E-state index contributed by atoms with van der Waals surface area (Å²) in [6.07, 6.45) is 1.89. The second-order valence-corrected chi connectivity index (χ2v) is 3.79. The van der Waals surface area contributed by atoms with Crippen LogP contribution in [0.5, 0.6) is 0 Å². The molecule has 0 aliphatic heterocycles. The maximum Gasteiger partial charge on any atom is 0.293 e. The largest absolute Gasteiger partial charge is 0.468 e. The van der Waals surface area contributed by atoms with Gasteiger partial charge in [-0.15, -0.1) is 0 Å². The minimum absolute atomic E-state index is 0.365. The van der Waals surface area contributed by atoms with Crippen molar-refractivity contribution in [2.24, 2.45) is 0 Å². The van der Waals surface area contributed by atoms with Crippen molar-refractivity contribution in [2.45, 2.75) is 13.5 Å². The quantitative estimate of drug-likeness (QED) is 0.801. The Morgan fingerprint density at radius 1 is 1.50 bits per heavy atom. The Kier molecular flexibility index (Phi) is 5.75. The molecule has 1 heterocycles. The number of carbonyl (C=O) groups is 1. The fraction of sp³-hybridized carbons (Fsp3) is 0.231. The second kappa shape index (κ2) is 7.36. The molecule has 18 heavy (non-hydrogen) atoms. The zero-order valence-corrected chi connectivity index (χ0v) is 10.7. The monoisotopic (exact) mass is 264 g/mol. The van der Waals surface area contributed by atoms with Gasteiger partial charge in [-0.1, -0.05) is 17.7 Å². The fourth-order valence-corrected chi connectivity index (χ4v) is 1.61. The van der Waals surface area contributed by atoms with Gasteiger partial charge in [-0.25, -0.2) is 0 Å². The molecule has 0 atom stereocenters. The van der Waals surface area contributed by atoms with Crippen molar-refractivity contribution in [3.05, 3.63) is 35.5 Å². The average molecular weight is 265 g/mol. The molecule has 0 saturated carbocycles. The number of hydrogen-bond acceptors (Lipinski definition) is 3. The van der Waals surface area contributed by atoms with Crippen LogP contribution in [-0.4, -0.2) is 17.6 Å². The Morgan fingerprint density at radius 2 is 2.28 bits per heavy atom. The van der Waals surface area contributed by atoms with E-state index in [0.29, 0.717) is 24.6 Å². The molecule has 1 aromatic carbocycles. The number of rotatable bonds is 3. The summed E-state index contributed by atoms with van der Waals surface area (Å²) in [5.74, 6) is 0. The van der Waals surface area contributed by atoms with E-state index < -0.39 is 0 Å². The summed E-state index contributed by atoms with van der Waals surface area (Å²) in [5, 5.41) is 10.4. The molecule has 0 radical (unpaired) electrons. The molecular weight excluding hydrogens is 252 g/mol. The van der Waals surface area contributed by atoms with Gasteiger partial charge in [-0.05, 0) is 30.5 Å². The summed E-state index contributed by atoms with van der Waals surface area (Å²) in [7, 11) is 0. The lowest BCUT2D eigenvalue weighted by molar-refractivity contribution is -0.128. The molecule has 0 N–H and O–H groups in total. The van der Waals surface area contributed by atoms with Crippen LogP contribution in [0.4, 0.5) is 0 Å². The molecule has 0 amide bonds. The maximum atomic E-state index is 9.18. The lowest BCUT2D eigenvalue weighted by Gasteiger charge is -1.98. The first-order valence-corrected chi connectivity index (χ1v) is 5.77. The number of nitriles is 1. The van der Waals surface area contributed by atoms with Crippen molar-refractivity contribution in [3.63, 3.8) is 0 Å². The maximum absolute atomic E-state index is 9.18. The first-order valence-electron chi connectivity index (χ1n) is 5.39. The molecular formula is C13H13ClN2O2. The number of nitrogens with zero attached hydrogens (tertiary/aromatic N) is 2. The number of carbonyl (C=O) groups excluding carboxylic acids is 1. The van der Waals surface area contributed by atoms with E-state index >= 15 is 0 Å². The summed E-state index contributed by atoms with van der Waals surface area (Å²) in [6.45, 7) is 3.03. The van der Waals surface area contributed by atoms with E-state index in [4.69, 9.17) is 16.9 Å².